The van der Waals surface area contributed by atoms with Crippen molar-refractivity contribution in [3.8, 4) is 5.75 Å². The van der Waals surface area contributed by atoms with Crippen LogP contribution in [-0.2, 0) is 9.53 Å². The highest BCUT2D eigenvalue weighted by molar-refractivity contribution is 5.94. The molecule has 1 N–H and O–H groups in total. The lowest BCUT2D eigenvalue weighted by molar-refractivity contribution is -0.143. The number of carbonyl (C=O) groups excluding carboxylic acids is 2. The van der Waals surface area contributed by atoms with Crippen LogP contribution >= 0.6 is 0 Å². The molecule has 2 aromatic rings. The summed E-state index contributed by atoms with van der Waals surface area (Å²) in [6.45, 7) is 17.7. The maximum absolute atomic E-state index is 13.7. The minimum atomic E-state index is -0.0973. The molecule has 2 aliphatic rings. The molecule has 0 saturated carbocycles. The van der Waals surface area contributed by atoms with Crippen LogP contribution in [0.25, 0.3) is 0 Å². The summed E-state index contributed by atoms with van der Waals surface area (Å²) in [5, 5.41) is 10.4. The van der Waals surface area contributed by atoms with Gasteiger partial charge < -0.3 is 14.7 Å². The highest BCUT2D eigenvalue weighted by Crippen LogP contribution is 2.35. The number of amides is 1. The van der Waals surface area contributed by atoms with Crippen molar-refractivity contribution in [3.05, 3.63) is 77.9 Å². The number of aromatic hydroxyl groups is 1. The first-order valence-corrected chi connectivity index (χ1v) is 16.5. The Morgan fingerprint density at radius 3 is 2.36 bits per heavy atom. The molecule has 240 valence electrons. The Labute approximate surface area is 264 Å². The van der Waals surface area contributed by atoms with E-state index < -0.39 is 0 Å². The Morgan fingerprint density at radius 2 is 1.66 bits per heavy atom. The minimum Gasteiger partial charge on any atom is -0.508 e. The third kappa shape index (κ3) is 9.16. The molecule has 2 fully saturated rings. The molecular weight excluding hydrogens is 552 g/mol. The van der Waals surface area contributed by atoms with E-state index in [1.54, 1.807) is 6.07 Å². The molecule has 0 radical (unpaired) electrons. The lowest BCUT2D eigenvalue weighted by Crippen LogP contribution is -2.57. The number of phenols is 1. The van der Waals surface area contributed by atoms with Gasteiger partial charge in [0.25, 0.3) is 5.91 Å². The van der Waals surface area contributed by atoms with Gasteiger partial charge in [-0.3, -0.25) is 24.3 Å². The van der Waals surface area contributed by atoms with Crippen molar-refractivity contribution >= 4 is 11.9 Å². The van der Waals surface area contributed by atoms with Gasteiger partial charge in [0.05, 0.1) is 12.6 Å². The zero-order valence-electron chi connectivity index (χ0n) is 27.0. The van der Waals surface area contributed by atoms with Crippen LogP contribution in [0, 0.1) is 0 Å². The number of phenolic OH excluding ortho intramolecular Hbond substituents is 1. The molecule has 2 aromatic carbocycles. The van der Waals surface area contributed by atoms with Crippen molar-refractivity contribution in [2.75, 3.05) is 59.0 Å². The van der Waals surface area contributed by atoms with Gasteiger partial charge in [0.1, 0.15) is 5.75 Å². The normalized spacial score (nSPS) is 20.8. The third-order valence-corrected chi connectivity index (χ3v) is 9.06. The number of piperazine rings is 2. The molecule has 0 bridgehead atoms. The van der Waals surface area contributed by atoms with Gasteiger partial charge in [-0.05, 0) is 75.5 Å². The lowest BCUT2D eigenvalue weighted by atomic mass is 9.92. The predicted molar refractivity (Wildman–Crippen MR) is 176 cm³/mol. The fourth-order valence-electron chi connectivity index (χ4n) is 6.67. The number of ether oxygens (including phenoxy) is 1. The minimum absolute atomic E-state index is 0.0766. The first-order valence-electron chi connectivity index (χ1n) is 16.5. The molecule has 0 spiro atoms. The first-order chi connectivity index (χ1) is 21.3. The summed E-state index contributed by atoms with van der Waals surface area (Å²) in [6, 6.07) is 16.2. The van der Waals surface area contributed by atoms with E-state index >= 15 is 0 Å². The Balaban J connectivity index is 1.38. The van der Waals surface area contributed by atoms with Crippen LogP contribution in [0.2, 0.25) is 0 Å². The van der Waals surface area contributed by atoms with Crippen molar-refractivity contribution in [2.24, 2.45) is 0 Å². The van der Waals surface area contributed by atoms with Crippen LogP contribution in [0.15, 0.2) is 61.2 Å². The smallest absolute Gasteiger partial charge is 0.305 e. The average Bonchev–Trinajstić information content (AvgIpc) is 3.02. The number of nitrogens with zero attached hydrogens (tertiary/aromatic N) is 4. The van der Waals surface area contributed by atoms with Gasteiger partial charge >= 0.3 is 5.97 Å². The molecule has 2 saturated heterocycles. The fraction of sp³-hybridized carbons (Fsp3) is 0.556. The lowest BCUT2D eigenvalue weighted by Gasteiger charge is -2.47. The van der Waals surface area contributed by atoms with E-state index in [0.29, 0.717) is 24.6 Å². The Morgan fingerprint density at radius 1 is 0.955 bits per heavy atom. The van der Waals surface area contributed by atoms with E-state index in [1.807, 2.05) is 42.2 Å². The van der Waals surface area contributed by atoms with Gasteiger partial charge in [0.15, 0.2) is 0 Å². The van der Waals surface area contributed by atoms with Crippen LogP contribution in [0.5, 0.6) is 5.75 Å². The topological polar surface area (TPSA) is 76.6 Å². The fourth-order valence-corrected chi connectivity index (χ4v) is 6.67. The van der Waals surface area contributed by atoms with Gasteiger partial charge in [0.2, 0.25) is 0 Å². The molecule has 1 unspecified atom stereocenters. The number of unbranched alkanes of at least 4 members (excludes halogenated alkanes) is 3. The van der Waals surface area contributed by atoms with Crippen molar-refractivity contribution in [2.45, 2.75) is 71.0 Å². The maximum atomic E-state index is 13.7. The van der Waals surface area contributed by atoms with Gasteiger partial charge in [-0.15, -0.1) is 6.58 Å². The number of hydrogen-bond donors (Lipinski definition) is 1. The number of hydrogen-bond acceptors (Lipinski definition) is 7. The second kappa shape index (κ2) is 16.8. The standard InChI is InChI=1S/C36H52N4O4/c1-5-18-39-26-29(4)40(27-28(39)3)35(31-14-12-16-33(41)25-31)30-13-11-15-32(24-30)36(43)38-22-20-37(21-23-38)19-10-8-7-9-17-34(42)44-6-2/h5,11-16,24-25,28-29,35,41H,1,6-10,17-23,26-27H2,2-4H3/t28-,29+,35?/m1/s1. The van der Waals surface area contributed by atoms with Gasteiger partial charge in [-0.2, -0.15) is 0 Å². The van der Waals surface area contributed by atoms with Gasteiger partial charge in [0, 0.05) is 69.9 Å². The van der Waals surface area contributed by atoms with E-state index in [4.69, 9.17) is 4.74 Å². The first kappa shape index (κ1) is 33.7. The van der Waals surface area contributed by atoms with E-state index in [-0.39, 0.29) is 29.7 Å². The van der Waals surface area contributed by atoms with E-state index in [0.717, 1.165) is 89.2 Å². The van der Waals surface area contributed by atoms with Crippen molar-refractivity contribution in [3.63, 3.8) is 0 Å². The molecule has 8 heteroatoms. The van der Waals surface area contributed by atoms with Gasteiger partial charge in [-0.25, -0.2) is 0 Å². The van der Waals surface area contributed by atoms with Crippen LogP contribution < -0.4 is 0 Å². The maximum Gasteiger partial charge on any atom is 0.305 e. The Hall–Kier alpha value is -3.20. The van der Waals surface area contributed by atoms with Crippen molar-refractivity contribution in [1.82, 2.24) is 19.6 Å². The molecule has 0 aromatic heterocycles. The average molecular weight is 605 g/mol. The zero-order valence-corrected chi connectivity index (χ0v) is 27.0. The van der Waals surface area contributed by atoms with Gasteiger partial charge in [-0.1, -0.05) is 43.2 Å². The largest absolute Gasteiger partial charge is 0.508 e. The highest BCUT2D eigenvalue weighted by Gasteiger charge is 2.35. The Bertz CT molecular complexity index is 1230. The molecule has 3 atom stereocenters. The van der Waals surface area contributed by atoms with Crippen molar-refractivity contribution < 1.29 is 19.4 Å². The van der Waals surface area contributed by atoms with E-state index in [1.165, 1.54) is 0 Å². The number of carbonyl (C=O) groups is 2. The monoisotopic (exact) mass is 604 g/mol. The SMILES string of the molecule is C=CCN1C[C@H](C)N(C(c2cccc(O)c2)c2cccc(C(=O)N3CCN(CCCCCCC(=O)OCC)CC3)c2)C[C@H]1C. The van der Waals surface area contributed by atoms with Crippen LogP contribution in [0.3, 0.4) is 0 Å². The summed E-state index contributed by atoms with van der Waals surface area (Å²) in [7, 11) is 0. The second-order valence-electron chi connectivity index (χ2n) is 12.4. The number of rotatable bonds is 14. The van der Waals surface area contributed by atoms with Crippen LogP contribution in [0.4, 0.5) is 0 Å². The second-order valence-corrected chi connectivity index (χ2v) is 12.4. The molecule has 0 aliphatic carbocycles. The summed E-state index contributed by atoms with van der Waals surface area (Å²) >= 11 is 0. The molecule has 2 heterocycles. The third-order valence-electron chi connectivity index (χ3n) is 9.06. The zero-order chi connectivity index (χ0) is 31.5. The molecule has 8 nitrogen and oxygen atoms in total. The quantitative estimate of drug-likeness (QED) is 0.177. The summed E-state index contributed by atoms with van der Waals surface area (Å²) in [5.41, 5.74) is 2.81. The molecular formula is C36H52N4O4. The molecule has 2 aliphatic heterocycles. The van der Waals surface area contributed by atoms with Crippen LogP contribution in [-0.4, -0.2) is 108 Å². The number of esters is 1. The molecule has 4 rings (SSSR count). The van der Waals surface area contributed by atoms with Crippen molar-refractivity contribution in [1.29, 1.82) is 0 Å². The molecule has 1 amide bonds. The molecule has 44 heavy (non-hydrogen) atoms. The summed E-state index contributed by atoms with van der Waals surface area (Å²) in [6.07, 6.45) is 6.61. The summed E-state index contributed by atoms with van der Waals surface area (Å²) < 4.78 is 5.00. The van der Waals surface area contributed by atoms with E-state index in [9.17, 15) is 14.7 Å². The Kier molecular flexibility index (Phi) is 12.8. The highest BCUT2D eigenvalue weighted by atomic mass is 16.5. The number of benzene rings is 2. The summed E-state index contributed by atoms with van der Waals surface area (Å²) in [5.74, 6) is 0.234. The van der Waals surface area contributed by atoms with Crippen LogP contribution in [0.1, 0.15) is 80.4 Å². The summed E-state index contributed by atoms with van der Waals surface area (Å²) in [4.78, 5) is 34.6. The van der Waals surface area contributed by atoms with E-state index in [2.05, 4.69) is 53.3 Å². The predicted octanol–water partition coefficient (Wildman–Crippen LogP) is 5.33.